The van der Waals surface area contributed by atoms with E-state index in [9.17, 15) is 8.78 Å². The normalized spacial score (nSPS) is 27.4. The van der Waals surface area contributed by atoms with E-state index in [2.05, 4.69) is 55.9 Å². The number of halogens is 2. The summed E-state index contributed by atoms with van der Waals surface area (Å²) in [4.78, 5) is 18.1. The molecule has 41 heavy (non-hydrogen) atoms. The molecular weight excluding hydrogens is 518 g/mol. The number of fused-ring (bicyclic) bond motifs is 2. The van der Waals surface area contributed by atoms with Gasteiger partial charge in [0.05, 0.1) is 11.0 Å². The van der Waals surface area contributed by atoms with Crippen molar-refractivity contribution in [3.8, 4) is 0 Å². The van der Waals surface area contributed by atoms with Crippen LogP contribution in [-0.2, 0) is 12.0 Å². The summed E-state index contributed by atoms with van der Waals surface area (Å²) < 4.78 is 28.0. The molecule has 0 radical (unpaired) electrons. The molecule has 4 fully saturated rings. The number of likely N-dealkylation sites (N-methyl/N-ethyl adjacent to an activating group) is 1. The van der Waals surface area contributed by atoms with E-state index in [4.69, 9.17) is 4.98 Å². The molecule has 0 amide bonds. The van der Waals surface area contributed by atoms with Gasteiger partial charge in [-0.3, -0.25) is 4.90 Å². The number of hydrogen-bond acceptors (Lipinski definition) is 5. The van der Waals surface area contributed by atoms with Crippen LogP contribution in [-0.4, -0.2) is 90.1 Å². The van der Waals surface area contributed by atoms with Crippen molar-refractivity contribution in [3.63, 3.8) is 0 Å². The summed E-state index contributed by atoms with van der Waals surface area (Å²) in [5.74, 6) is -0.233. The Morgan fingerprint density at radius 3 is 2.61 bits per heavy atom. The van der Waals surface area contributed by atoms with Crippen LogP contribution in [0.5, 0.6) is 0 Å². The van der Waals surface area contributed by atoms with Gasteiger partial charge in [0.1, 0.15) is 0 Å². The third-order valence-corrected chi connectivity index (χ3v) is 10.5. The second kappa shape index (κ2) is 11.3. The van der Waals surface area contributed by atoms with Crippen molar-refractivity contribution < 1.29 is 8.78 Å². The fraction of sp³-hybridized carbons (Fsp3) is 0.606. The zero-order valence-electron chi connectivity index (χ0n) is 24.4. The minimum Gasteiger partial charge on any atom is -0.339 e. The number of benzene rings is 2. The van der Waals surface area contributed by atoms with Crippen molar-refractivity contribution in [3.05, 3.63) is 59.2 Å². The van der Waals surface area contributed by atoms with Crippen LogP contribution in [0, 0.1) is 17.6 Å². The molecule has 2 saturated carbocycles. The minimum absolute atomic E-state index is 0.323. The number of aromatic nitrogens is 2. The van der Waals surface area contributed by atoms with Gasteiger partial charge in [-0.25, -0.2) is 13.8 Å². The molecule has 0 spiro atoms. The highest BCUT2D eigenvalue weighted by atomic mass is 19.2. The number of H-pyrrole nitrogens is 1. The minimum atomic E-state index is -0.843. The molecule has 2 saturated heterocycles. The Morgan fingerprint density at radius 2 is 1.80 bits per heavy atom. The fourth-order valence-corrected chi connectivity index (χ4v) is 7.95. The molecule has 8 heteroatoms. The molecule has 1 unspecified atom stereocenters. The number of piperazine rings is 1. The van der Waals surface area contributed by atoms with Gasteiger partial charge in [0.15, 0.2) is 11.6 Å². The van der Waals surface area contributed by atoms with Crippen LogP contribution in [0.1, 0.15) is 56.1 Å². The smallest absolute Gasteiger partial charge is 0.204 e. The Labute approximate surface area is 242 Å². The molecule has 4 aliphatic rings. The topological polar surface area (TPSA) is 41.6 Å². The maximum Gasteiger partial charge on any atom is 0.204 e. The molecule has 6 nitrogen and oxygen atoms in total. The third-order valence-electron chi connectivity index (χ3n) is 10.5. The van der Waals surface area contributed by atoms with E-state index in [1.165, 1.54) is 62.0 Å². The van der Waals surface area contributed by atoms with Crippen molar-refractivity contribution in [2.45, 2.75) is 62.9 Å². The highest BCUT2D eigenvalue weighted by Gasteiger charge is 2.58. The number of anilines is 1. The number of nitrogens with zero attached hydrogens (tertiary/aromatic N) is 5. The van der Waals surface area contributed by atoms with E-state index in [0.717, 1.165) is 71.0 Å². The molecule has 2 aliphatic heterocycles. The summed E-state index contributed by atoms with van der Waals surface area (Å²) in [5.41, 5.74) is 4.37. The first-order valence-electron chi connectivity index (χ1n) is 15.8. The van der Waals surface area contributed by atoms with Gasteiger partial charge in [-0.2, -0.15) is 0 Å². The van der Waals surface area contributed by atoms with Gasteiger partial charge < -0.3 is 19.7 Å². The van der Waals surface area contributed by atoms with Gasteiger partial charge in [0.25, 0.3) is 0 Å². The maximum atomic E-state index is 14.0. The summed E-state index contributed by atoms with van der Waals surface area (Å²) >= 11 is 0. The SMILES string of the molecule is CN1CCN(CCCN(c2nc3cc(F)c(F)cc3[nH]2)[C@@H]2CC[C@]3(c4cccc(CN5CCCC5)c4)CC3C2)CC1. The number of nitrogens with one attached hydrogen (secondary N) is 1. The van der Waals surface area contributed by atoms with E-state index < -0.39 is 11.6 Å². The summed E-state index contributed by atoms with van der Waals surface area (Å²) in [5, 5.41) is 0. The van der Waals surface area contributed by atoms with Gasteiger partial charge >= 0.3 is 0 Å². The predicted molar refractivity (Wildman–Crippen MR) is 160 cm³/mol. The first kappa shape index (κ1) is 27.3. The Balaban J connectivity index is 1.07. The summed E-state index contributed by atoms with van der Waals surface area (Å²) in [6.07, 6.45) is 8.42. The molecule has 3 aromatic rings. The summed E-state index contributed by atoms with van der Waals surface area (Å²) in [6.45, 7) is 9.97. The molecule has 2 aromatic carbocycles. The maximum absolute atomic E-state index is 14.0. The average Bonchev–Trinajstić information content (AvgIpc) is 3.24. The summed E-state index contributed by atoms with van der Waals surface area (Å²) in [6, 6.07) is 12.3. The second-order valence-corrected chi connectivity index (χ2v) is 13.2. The predicted octanol–water partition coefficient (Wildman–Crippen LogP) is 5.39. The molecule has 3 heterocycles. The number of imidazole rings is 1. The average molecular weight is 563 g/mol. The standard InChI is InChI=1S/C33H44F2N6/c1-38-14-16-39(17-15-38)12-5-13-41(32-36-30-20-28(34)29(35)21-31(30)37-32)27-8-9-33(22-26(33)19-27)25-7-4-6-24(18-25)23-40-10-2-3-11-40/h4,6-7,18,20-21,26-27H,2-3,5,8-17,19,22-23H2,1H3,(H,36,37)/t26?,27-,33-/m1/s1. The first-order chi connectivity index (χ1) is 20.0. The first-order valence-corrected chi connectivity index (χ1v) is 15.8. The van der Waals surface area contributed by atoms with Crippen LogP contribution in [0.15, 0.2) is 36.4 Å². The van der Waals surface area contributed by atoms with E-state index in [1.807, 2.05) is 0 Å². The van der Waals surface area contributed by atoms with Crippen LogP contribution in [0.3, 0.4) is 0 Å². The largest absolute Gasteiger partial charge is 0.339 e. The lowest BCUT2D eigenvalue weighted by Crippen LogP contribution is -2.46. The van der Waals surface area contributed by atoms with Crippen LogP contribution in [0.25, 0.3) is 11.0 Å². The Bertz CT molecular complexity index is 1320. The molecule has 1 N–H and O–H groups in total. The zero-order chi connectivity index (χ0) is 28.0. The lowest BCUT2D eigenvalue weighted by molar-refractivity contribution is 0.153. The van der Waals surface area contributed by atoms with Crippen LogP contribution in [0.4, 0.5) is 14.7 Å². The fourth-order valence-electron chi connectivity index (χ4n) is 7.95. The number of rotatable bonds is 9. The third kappa shape index (κ3) is 5.63. The molecule has 3 atom stereocenters. The number of likely N-dealkylation sites (tertiary alicyclic amines) is 1. The monoisotopic (exact) mass is 562 g/mol. The summed E-state index contributed by atoms with van der Waals surface area (Å²) in [7, 11) is 2.19. The van der Waals surface area contributed by atoms with Crippen molar-refractivity contribution in [2.24, 2.45) is 5.92 Å². The van der Waals surface area contributed by atoms with Crippen molar-refractivity contribution in [1.29, 1.82) is 0 Å². The van der Waals surface area contributed by atoms with E-state index in [1.54, 1.807) is 0 Å². The highest BCUT2D eigenvalue weighted by molar-refractivity contribution is 5.78. The van der Waals surface area contributed by atoms with E-state index in [0.29, 0.717) is 28.4 Å². The van der Waals surface area contributed by atoms with E-state index >= 15 is 0 Å². The Kier molecular flexibility index (Phi) is 7.50. The van der Waals surface area contributed by atoms with Gasteiger partial charge in [-0.05, 0) is 94.1 Å². The number of aromatic amines is 1. The van der Waals surface area contributed by atoms with Crippen molar-refractivity contribution in [1.82, 2.24) is 24.7 Å². The van der Waals surface area contributed by atoms with Gasteiger partial charge in [-0.15, -0.1) is 0 Å². The van der Waals surface area contributed by atoms with Gasteiger partial charge in [0.2, 0.25) is 5.95 Å². The van der Waals surface area contributed by atoms with Crippen LogP contribution < -0.4 is 4.90 Å². The van der Waals surface area contributed by atoms with Crippen molar-refractivity contribution >= 4 is 17.0 Å². The molecule has 220 valence electrons. The Hall–Kier alpha value is -2.55. The molecule has 1 aromatic heterocycles. The molecule has 2 aliphatic carbocycles. The van der Waals surface area contributed by atoms with Crippen LogP contribution in [0.2, 0.25) is 0 Å². The molecule has 0 bridgehead atoms. The van der Waals surface area contributed by atoms with Gasteiger partial charge in [0, 0.05) is 57.4 Å². The Morgan fingerprint density at radius 1 is 1.00 bits per heavy atom. The molecular formula is C33H44F2N6. The van der Waals surface area contributed by atoms with Crippen LogP contribution >= 0.6 is 0 Å². The van der Waals surface area contributed by atoms with Gasteiger partial charge in [-0.1, -0.05) is 24.3 Å². The second-order valence-electron chi connectivity index (χ2n) is 13.2. The van der Waals surface area contributed by atoms with E-state index in [-0.39, 0.29) is 0 Å². The van der Waals surface area contributed by atoms with Crippen molar-refractivity contribution in [2.75, 3.05) is 64.3 Å². The number of hydrogen-bond donors (Lipinski definition) is 1. The lowest BCUT2D eigenvalue weighted by atomic mass is 9.80. The quantitative estimate of drug-likeness (QED) is 0.379. The lowest BCUT2D eigenvalue weighted by Gasteiger charge is -2.38. The highest BCUT2D eigenvalue weighted by Crippen LogP contribution is 2.63. The molecule has 7 rings (SSSR count). The zero-order valence-corrected chi connectivity index (χ0v) is 24.4.